The van der Waals surface area contributed by atoms with Crippen LogP contribution < -0.4 is 4.74 Å². The molecule has 1 atom stereocenters. The third kappa shape index (κ3) is 3.58. The molecule has 0 aromatic heterocycles. The third-order valence-corrected chi connectivity index (χ3v) is 3.21. The minimum absolute atomic E-state index is 0.0892. The normalized spacial score (nSPS) is 12.2. The van der Waals surface area contributed by atoms with Crippen LogP contribution in [-0.4, -0.2) is 11.7 Å². The van der Waals surface area contributed by atoms with E-state index in [1.165, 1.54) is 0 Å². The monoisotopic (exact) mass is 256 g/mol. The smallest absolute Gasteiger partial charge is 0.123 e. The second-order valence-electron chi connectivity index (χ2n) is 4.90. The van der Waals surface area contributed by atoms with Gasteiger partial charge in [-0.15, -0.1) is 0 Å². The fourth-order valence-corrected chi connectivity index (χ4v) is 2.01. The molecule has 19 heavy (non-hydrogen) atoms. The second-order valence-corrected chi connectivity index (χ2v) is 4.90. The van der Waals surface area contributed by atoms with E-state index in [2.05, 4.69) is 6.07 Å². The molecule has 2 heteroatoms. The Bertz CT molecular complexity index is 520. The lowest BCUT2D eigenvalue weighted by atomic mass is 9.99. The number of aliphatic hydroxyl groups is 1. The largest absolute Gasteiger partial charge is 0.489 e. The molecule has 0 aliphatic carbocycles. The number of aliphatic hydroxyl groups excluding tert-OH is 1. The van der Waals surface area contributed by atoms with Crippen molar-refractivity contribution in [1.82, 2.24) is 0 Å². The number of benzene rings is 2. The van der Waals surface area contributed by atoms with Crippen LogP contribution in [0.1, 0.15) is 29.5 Å². The van der Waals surface area contributed by atoms with E-state index in [-0.39, 0.29) is 12.5 Å². The summed E-state index contributed by atoms with van der Waals surface area (Å²) in [6.45, 7) is 4.73. The summed E-state index contributed by atoms with van der Waals surface area (Å²) in [5, 5.41) is 9.31. The van der Waals surface area contributed by atoms with Crippen LogP contribution in [0.3, 0.4) is 0 Å². The highest BCUT2D eigenvalue weighted by atomic mass is 16.5. The van der Waals surface area contributed by atoms with E-state index in [1.807, 2.05) is 56.3 Å². The average molecular weight is 256 g/mol. The predicted octanol–water partition coefficient (Wildman–Crippen LogP) is 3.67. The Balaban J connectivity index is 2.16. The first-order valence-electron chi connectivity index (χ1n) is 6.59. The summed E-state index contributed by atoms with van der Waals surface area (Å²) in [7, 11) is 0. The van der Waals surface area contributed by atoms with Crippen LogP contribution in [0.25, 0.3) is 0 Å². The lowest BCUT2D eigenvalue weighted by molar-refractivity contribution is 0.262. The Kier molecular flexibility index (Phi) is 4.58. The Hall–Kier alpha value is -1.80. The Morgan fingerprint density at radius 3 is 2.53 bits per heavy atom. The van der Waals surface area contributed by atoms with Crippen LogP contribution in [0.15, 0.2) is 48.5 Å². The molecule has 0 saturated heterocycles. The molecule has 0 spiro atoms. The van der Waals surface area contributed by atoms with Crippen molar-refractivity contribution in [3.63, 3.8) is 0 Å². The number of ether oxygens (including phenoxy) is 1. The van der Waals surface area contributed by atoms with Gasteiger partial charge in [0.25, 0.3) is 0 Å². The van der Waals surface area contributed by atoms with Crippen LogP contribution in [0.4, 0.5) is 0 Å². The van der Waals surface area contributed by atoms with Gasteiger partial charge in [-0.2, -0.15) is 0 Å². The van der Waals surface area contributed by atoms with E-state index >= 15 is 0 Å². The Morgan fingerprint density at radius 2 is 1.84 bits per heavy atom. The molecule has 0 bridgehead atoms. The van der Waals surface area contributed by atoms with E-state index in [1.54, 1.807) is 0 Å². The predicted molar refractivity (Wildman–Crippen MR) is 77.5 cm³/mol. The second kappa shape index (κ2) is 6.39. The summed E-state index contributed by atoms with van der Waals surface area (Å²) in [4.78, 5) is 0. The van der Waals surface area contributed by atoms with E-state index < -0.39 is 0 Å². The Morgan fingerprint density at radius 1 is 1.11 bits per heavy atom. The van der Waals surface area contributed by atoms with E-state index in [0.717, 1.165) is 22.4 Å². The first-order valence-corrected chi connectivity index (χ1v) is 6.59. The molecule has 0 amide bonds. The molecule has 0 unspecified atom stereocenters. The first-order chi connectivity index (χ1) is 9.20. The van der Waals surface area contributed by atoms with Crippen molar-refractivity contribution in [2.24, 2.45) is 0 Å². The summed E-state index contributed by atoms with van der Waals surface area (Å²) >= 11 is 0. The van der Waals surface area contributed by atoms with Crippen molar-refractivity contribution in [2.45, 2.75) is 26.4 Å². The van der Waals surface area contributed by atoms with Gasteiger partial charge < -0.3 is 9.84 Å². The molecule has 2 nitrogen and oxygen atoms in total. The highest BCUT2D eigenvalue weighted by Crippen LogP contribution is 2.28. The van der Waals surface area contributed by atoms with Crippen molar-refractivity contribution < 1.29 is 9.84 Å². The lowest BCUT2D eigenvalue weighted by Crippen LogP contribution is -2.04. The summed E-state index contributed by atoms with van der Waals surface area (Å²) in [6.07, 6.45) is 0. The van der Waals surface area contributed by atoms with Crippen LogP contribution in [0, 0.1) is 6.92 Å². The first kappa shape index (κ1) is 13.6. The molecule has 0 aliphatic rings. The lowest BCUT2D eigenvalue weighted by Gasteiger charge is -2.16. The molecule has 0 saturated carbocycles. The zero-order chi connectivity index (χ0) is 13.7. The highest BCUT2D eigenvalue weighted by molar-refractivity contribution is 5.39. The van der Waals surface area contributed by atoms with Crippen molar-refractivity contribution >= 4 is 0 Å². The minimum atomic E-state index is 0.0892. The van der Waals surface area contributed by atoms with Gasteiger partial charge >= 0.3 is 0 Å². The topological polar surface area (TPSA) is 29.5 Å². The minimum Gasteiger partial charge on any atom is -0.489 e. The zero-order valence-corrected chi connectivity index (χ0v) is 11.5. The average Bonchev–Trinajstić information content (AvgIpc) is 2.45. The maximum absolute atomic E-state index is 9.31. The van der Waals surface area contributed by atoms with Crippen LogP contribution in [0.2, 0.25) is 0 Å². The Labute approximate surface area is 114 Å². The maximum atomic E-state index is 9.31. The molecule has 0 aliphatic heterocycles. The molecule has 0 heterocycles. The van der Waals surface area contributed by atoms with Gasteiger partial charge in [-0.25, -0.2) is 0 Å². The summed E-state index contributed by atoms with van der Waals surface area (Å²) in [5.41, 5.74) is 3.37. The molecule has 2 aromatic carbocycles. The van der Waals surface area contributed by atoms with Gasteiger partial charge in [0, 0.05) is 12.5 Å². The molecule has 0 radical (unpaired) electrons. The van der Waals surface area contributed by atoms with Gasteiger partial charge in [0.2, 0.25) is 0 Å². The van der Waals surface area contributed by atoms with Gasteiger partial charge in [0.05, 0.1) is 0 Å². The molecular formula is C17H20O2. The summed E-state index contributed by atoms with van der Waals surface area (Å²) in [5.74, 6) is 0.955. The van der Waals surface area contributed by atoms with Gasteiger partial charge in [-0.05, 0) is 29.7 Å². The molecule has 2 rings (SSSR count). The zero-order valence-electron chi connectivity index (χ0n) is 11.5. The summed E-state index contributed by atoms with van der Waals surface area (Å²) < 4.78 is 5.92. The van der Waals surface area contributed by atoms with Crippen LogP contribution in [-0.2, 0) is 6.61 Å². The van der Waals surface area contributed by atoms with Crippen molar-refractivity contribution in [3.05, 3.63) is 65.2 Å². The van der Waals surface area contributed by atoms with Crippen LogP contribution >= 0.6 is 0 Å². The number of rotatable bonds is 5. The van der Waals surface area contributed by atoms with Gasteiger partial charge in [0.15, 0.2) is 0 Å². The standard InChI is InChI=1S/C17H20O2/c1-13-8-9-16(14(2)11-18)17(10-13)19-12-15-6-4-3-5-7-15/h3-10,14,18H,11-12H2,1-2H3/t14-/m1/s1. The molecule has 1 N–H and O–H groups in total. The van der Waals surface area contributed by atoms with Crippen molar-refractivity contribution in [2.75, 3.05) is 6.61 Å². The van der Waals surface area contributed by atoms with Gasteiger partial charge in [-0.3, -0.25) is 0 Å². The molecule has 0 fully saturated rings. The van der Waals surface area contributed by atoms with Crippen LogP contribution in [0.5, 0.6) is 5.75 Å². The number of hydrogen-bond donors (Lipinski definition) is 1. The maximum Gasteiger partial charge on any atom is 0.123 e. The number of aryl methyl sites for hydroxylation is 1. The fourth-order valence-electron chi connectivity index (χ4n) is 2.01. The van der Waals surface area contributed by atoms with Gasteiger partial charge in [0.1, 0.15) is 12.4 Å². The number of hydrogen-bond acceptors (Lipinski definition) is 2. The molecular weight excluding hydrogens is 236 g/mol. The quantitative estimate of drug-likeness (QED) is 0.884. The van der Waals surface area contributed by atoms with Gasteiger partial charge in [-0.1, -0.05) is 49.4 Å². The SMILES string of the molecule is Cc1ccc([C@H](C)CO)c(OCc2ccccc2)c1. The third-order valence-electron chi connectivity index (χ3n) is 3.21. The van der Waals surface area contributed by atoms with E-state index in [0.29, 0.717) is 6.61 Å². The summed E-state index contributed by atoms with van der Waals surface area (Å²) in [6, 6.07) is 16.2. The van der Waals surface area contributed by atoms with Crippen molar-refractivity contribution in [3.8, 4) is 5.75 Å². The fraction of sp³-hybridized carbons (Fsp3) is 0.294. The molecule has 100 valence electrons. The van der Waals surface area contributed by atoms with Crippen molar-refractivity contribution in [1.29, 1.82) is 0 Å². The highest BCUT2D eigenvalue weighted by Gasteiger charge is 2.11. The van der Waals surface area contributed by atoms with E-state index in [9.17, 15) is 5.11 Å². The van der Waals surface area contributed by atoms with E-state index in [4.69, 9.17) is 4.74 Å². The molecule has 2 aromatic rings.